The second kappa shape index (κ2) is 7.96. The summed E-state index contributed by atoms with van der Waals surface area (Å²) in [7, 11) is 2.39. The third kappa shape index (κ3) is 4.74. The van der Waals surface area contributed by atoms with Crippen LogP contribution in [0.1, 0.15) is 39.7 Å². The minimum Gasteiger partial charge on any atom is -1.00 e. The van der Waals surface area contributed by atoms with Crippen LogP contribution in [0.25, 0.3) is 0 Å². The van der Waals surface area contributed by atoms with Crippen LogP contribution in [0.3, 0.4) is 0 Å². The number of nitrogens with zero attached hydrogens (tertiary/aromatic N) is 1. The molecule has 1 aromatic rings. The van der Waals surface area contributed by atoms with Crippen LogP contribution in [0.5, 0.6) is 0 Å². The summed E-state index contributed by atoms with van der Waals surface area (Å²) in [4.78, 5) is 0. The van der Waals surface area contributed by atoms with Gasteiger partial charge in [-0.05, 0) is 39.7 Å². The van der Waals surface area contributed by atoms with Gasteiger partial charge in [0.2, 0.25) is 0 Å². The molecule has 0 aliphatic heterocycles. The van der Waals surface area contributed by atoms with E-state index in [0.29, 0.717) is 12.1 Å². The molecule has 1 nitrogen and oxygen atoms in total. The molecule has 0 aliphatic rings. The van der Waals surface area contributed by atoms with Crippen molar-refractivity contribution < 1.29 is 21.5 Å². The monoisotopic (exact) mass is 313 g/mol. The maximum atomic E-state index is 2.39. The van der Waals surface area contributed by atoms with E-state index in [2.05, 4.69) is 65.1 Å². The van der Waals surface area contributed by atoms with Crippen molar-refractivity contribution in [2.45, 2.75) is 52.6 Å². The van der Waals surface area contributed by atoms with Crippen LogP contribution in [-0.2, 0) is 6.42 Å². The lowest BCUT2D eigenvalue weighted by Gasteiger charge is -2.42. The molecule has 0 unspecified atom stereocenters. The number of halogens is 1. The Morgan fingerprint density at radius 2 is 1.44 bits per heavy atom. The van der Waals surface area contributed by atoms with Gasteiger partial charge in [-0.3, -0.25) is 0 Å². The molecular formula is C16H28BrN. The predicted molar refractivity (Wildman–Crippen MR) is 76.1 cm³/mol. The van der Waals surface area contributed by atoms with E-state index in [-0.39, 0.29) is 17.0 Å². The predicted octanol–water partition coefficient (Wildman–Crippen LogP) is 0.887. The van der Waals surface area contributed by atoms with E-state index in [0.717, 1.165) is 0 Å². The fourth-order valence-corrected chi connectivity index (χ4v) is 2.38. The molecule has 0 heterocycles. The molecule has 0 atom stereocenters. The maximum Gasteiger partial charge on any atom is 0.0833 e. The molecule has 18 heavy (non-hydrogen) atoms. The first-order valence-electron chi connectivity index (χ1n) is 6.85. The highest BCUT2D eigenvalue weighted by atomic mass is 79.9. The standard InChI is InChI=1S/C16H28N.BrH/c1-14(2)17(5,15(3)4)13-9-12-16-10-7-6-8-11-16;/h6-8,10-11,14-15H,9,12-13H2,1-5H3;1H/q+1;/p-1. The van der Waals surface area contributed by atoms with Crippen LogP contribution in [0.4, 0.5) is 0 Å². The van der Waals surface area contributed by atoms with Gasteiger partial charge < -0.3 is 21.5 Å². The van der Waals surface area contributed by atoms with Gasteiger partial charge in [0.05, 0.1) is 25.7 Å². The highest BCUT2D eigenvalue weighted by Crippen LogP contribution is 2.17. The highest BCUT2D eigenvalue weighted by molar-refractivity contribution is 5.14. The van der Waals surface area contributed by atoms with Gasteiger partial charge in [0.25, 0.3) is 0 Å². The van der Waals surface area contributed by atoms with Gasteiger partial charge in [-0.25, -0.2) is 0 Å². The molecule has 0 aliphatic carbocycles. The van der Waals surface area contributed by atoms with Crippen molar-refractivity contribution in [2.75, 3.05) is 13.6 Å². The third-order valence-electron chi connectivity index (χ3n) is 4.31. The van der Waals surface area contributed by atoms with Gasteiger partial charge in [-0.15, -0.1) is 0 Å². The smallest absolute Gasteiger partial charge is 0.0833 e. The second-order valence-electron chi connectivity index (χ2n) is 5.85. The van der Waals surface area contributed by atoms with E-state index in [1.165, 1.54) is 29.4 Å². The Balaban J connectivity index is 0.00000289. The minimum atomic E-state index is 0. The van der Waals surface area contributed by atoms with Crippen LogP contribution in [0.15, 0.2) is 30.3 Å². The van der Waals surface area contributed by atoms with Crippen LogP contribution in [0.2, 0.25) is 0 Å². The van der Waals surface area contributed by atoms with Crippen molar-refractivity contribution in [3.63, 3.8) is 0 Å². The van der Waals surface area contributed by atoms with Gasteiger partial charge in [0, 0.05) is 6.42 Å². The minimum absolute atomic E-state index is 0. The first kappa shape index (κ1) is 17.7. The summed E-state index contributed by atoms with van der Waals surface area (Å²) in [6, 6.07) is 12.2. The molecule has 0 fully saturated rings. The van der Waals surface area contributed by atoms with Gasteiger partial charge in [-0.2, -0.15) is 0 Å². The Hall–Kier alpha value is -0.340. The zero-order chi connectivity index (χ0) is 12.9. The molecule has 0 aromatic heterocycles. The van der Waals surface area contributed by atoms with Crippen LogP contribution < -0.4 is 17.0 Å². The first-order valence-corrected chi connectivity index (χ1v) is 6.85. The molecule has 0 N–H and O–H groups in total. The fraction of sp³-hybridized carbons (Fsp3) is 0.625. The average molecular weight is 314 g/mol. The van der Waals surface area contributed by atoms with Gasteiger partial charge in [-0.1, -0.05) is 30.3 Å². The molecule has 1 aromatic carbocycles. The summed E-state index contributed by atoms with van der Waals surface area (Å²) in [5.74, 6) is 0. The lowest BCUT2D eigenvalue weighted by Crippen LogP contribution is -3.00. The van der Waals surface area contributed by atoms with Gasteiger partial charge in [0.1, 0.15) is 0 Å². The van der Waals surface area contributed by atoms with Crippen molar-refractivity contribution in [1.29, 1.82) is 0 Å². The number of hydrogen-bond donors (Lipinski definition) is 0. The van der Waals surface area contributed by atoms with Gasteiger partial charge in [0.15, 0.2) is 0 Å². The van der Waals surface area contributed by atoms with Crippen LogP contribution in [0, 0.1) is 0 Å². The van der Waals surface area contributed by atoms with Crippen molar-refractivity contribution in [1.82, 2.24) is 0 Å². The lowest BCUT2D eigenvalue weighted by atomic mass is 10.1. The molecule has 0 radical (unpaired) electrons. The number of hydrogen-bond acceptors (Lipinski definition) is 0. The molecule has 2 heteroatoms. The zero-order valence-electron chi connectivity index (χ0n) is 12.5. The average Bonchev–Trinajstić information content (AvgIpc) is 2.29. The van der Waals surface area contributed by atoms with Crippen molar-refractivity contribution in [2.24, 2.45) is 0 Å². The molecule has 0 saturated heterocycles. The molecular weight excluding hydrogens is 286 g/mol. The van der Waals surface area contributed by atoms with Gasteiger partial charge >= 0.3 is 0 Å². The SMILES string of the molecule is CC(C)[N+](C)(CCCc1ccccc1)C(C)C.[Br-]. The summed E-state index contributed by atoms with van der Waals surface area (Å²) in [6.45, 7) is 10.6. The number of benzene rings is 1. The largest absolute Gasteiger partial charge is 1.00 e. The van der Waals surface area contributed by atoms with Crippen molar-refractivity contribution in [3.05, 3.63) is 35.9 Å². The van der Waals surface area contributed by atoms with E-state index in [1.54, 1.807) is 0 Å². The van der Waals surface area contributed by atoms with E-state index in [9.17, 15) is 0 Å². The highest BCUT2D eigenvalue weighted by Gasteiger charge is 2.28. The summed E-state index contributed by atoms with van der Waals surface area (Å²) in [5.41, 5.74) is 1.46. The first-order chi connectivity index (χ1) is 7.97. The zero-order valence-corrected chi connectivity index (χ0v) is 14.1. The number of rotatable bonds is 6. The number of quaternary nitrogens is 1. The second-order valence-corrected chi connectivity index (χ2v) is 5.85. The molecule has 104 valence electrons. The van der Waals surface area contributed by atoms with E-state index in [1.807, 2.05) is 0 Å². The number of aryl methyl sites for hydroxylation is 1. The fourth-order valence-electron chi connectivity index (χ4n) is 2.38. The van der Waals surface area contributed by atoms with E-state index < -0.39 is 0 Å². The Kier molecular flexibility index (Phi) is 7.81. The molecule has 0 bridgehead atoms. The normalized spacial score (nSPS) is 11.7. The Bertz CT molecular complexity index is 311. The quantitative estimate of drug-likeness (QED) is 0.684. The van der Waals surface area contributed by atoms with E-state index >= 15 is 0 Å². The summed E-state index contributed by atoms with van der Waals surface area (Å²) in [5, 5.41) is 0. The van der Waals surface area contributed by atoms with Crippen molar-refractivity contribution >= 4 is 0 Å². The third-order valence-corrected chi connectivity index (χ3v) is 4.31. The Morgan fingerprint density at radius 1 is 0.944 bits per heavy atom. The molecule has 0 saturated carbocycles. The maximum absolute atomic E-state index is 2.39. The Morgan fingerprint density at radius 3 is 1.89 bits per heavy atom. The molecule has 0 amide bonds. The van der Waals surface area contributed by atoms with E-state index in [4.69, 9.17) is 0 Å². The molecule has 1 rings (SSSR count). The van der Waals surface area contributed by atoms with Crippen LogP contribution in [-0.4, -0.2) is 30.2 Å². The van der Waals surface area contributed by atoms with Crippen LogP contribution >= 0.6 is 0 Å². The summed E-state index contributed by atoms with van der Waals surface area (Å²) < 4.78 is 1.17. The Labute approximate surface area is 124 Å². The topological polar surface area (TPSA) is 0 Å². The molecule has 0 spiro atoms. The van der Waals surface area contributed by atoms with Crippen molar-refractivity contribution in [3.8, 4) is 0 Å². The lowest BCUT2D eigenvalue weighted by molar-refractivity contribution is -0.949. The summed E-state index contributed by atoms with van der Waals surface area (Å²) >= 11 is 0. The summed E-state index contributed by atoms with van der Waals surface area (Å²) in [6.07, 6.45) is 2.48.